The summed E-state index contributed by atoms with van der Waals surface area (Å²) in [6.45, 7) is 5.71. The van der Waals surface area contributed by atoms with E-state index in [1.54, 1.807) is 0 Å². The molecular formula is C12H20N4O. The van der Waals surface area contributed by atoms with Gasteiger partial charge in [-0.25, -0.2) is 0 Å². The van der Waals surface area contributed by atoms with Gasteiger partial charge in [0, 0.05) is 25.2 Å². The Morgan fingerprint density at radius 1 is 1.53 bits per heavy atom. The minimum atomic E-state index is -0.421. The topological polar surface area (TPSA) is 56.7 Å². The Morgan fingerprint density at radius 3 is 2.94 bits per heavy atom. The number of aliphatic imine (C=N–C) groups is 1. The van der Waals surface area contributed by atoms with Crippen LogP contribution in [0.15, 0.2) is 4.99 Å². The molecule has 17 heavy (non-hydrogen) atoms. The Balaban J connectivity index is 1.79. The molecule has 3 aliphatic rings. The van der Waals surface area contributed by atoms with E-state index in [0.717, 1.165) is 13.0 Å². The van der Waals surface area contributed by atoms with Crippen molar-refractivity contribution >= 4 is 11.9 Å². The molecular weight excluding hydrogens is 216 g/mol. The maximum atomic E-state index is 12.1. The largest absolute Gasteiger partial charge is 0.340 e. The summed E-state index contributed by atoms with van der Waals surface area (Å²) in [5.41, 5.74) is -0.421. The van der Waals surface area contributed by atoms with Crippen LogP contribution in [0.2, 0.25) is 0 Å². The van der Waals surface area contributed by atoms with Crippen LogP contribution in [-0.2, 0) is 4.79 Å². The molecule has 2 saturated heterocycles. The quantitative estimate of drug-likeness (QED) is 0.714. The van der Waals surface area contributed by atoms with Gasteiger partial charge in [-0.15, -0.1) is 0 Å². The molecule has 1 spiro atoms. The number of amides is 1. The number of carbonyl (C=O) groups is 1. The van der Waals surface area contributed by atoms with Gasteiger partial charge in [-0.2, -0.15) is 0 Å². The van der Waals surface area contributed by atoms with E-state index >= 15 is 0 Å². The van der Waals surface area contributed by atoms with Gasteiger partial charge in [0.1, 0.15) is 5.54 Å². The molecule has 1 amide bonds. The molecule has 0 aromatic heterocycles. The summed E-state index contributed by atoms with van der Waals surface area (Å²) >= 11 is 0. The van der Waals surface area contributed by atoms with Gasteiger partial charge in [-0.1, -0.05) is 0 Å². The molecule has 0 bridgehead atoms. The van der Waals surface area contributed by atoms with Crippen molar-refractivity contribution in [3.8, 4) is 0 Å². The van der Waals surface area contributed by atoms with E-state index in [9.17, 15) is 4.79 Å². The lowest BCUT2D eigenvalue weighted by Gasteiger charge is -2.22. The molecule has 2 aliphatic heterocycles. The van der Waals surface area contributed by atoms with Crippen molar-refractivity contribution < 1.29 is 4.79 Å². The van der Waals surface area contributed by atoms with E-state index in [4.69, 9.17) is 0 Å². The lowest BCUT2D eigenvalue weighted by Crippen LogP contribution is -2.49. The number of guanidine groups is 1. The number of nitrogens with one attached hydrogen (secondary N) is 2. The molecule has 2 atom stereocenters. The first-order chi connectivity index (χ1) is 8.14. The maximum absolute atomic E-state index is 12.1. The van der Waals surface area contributed by atoms with Crippen molar-refractivity contribution in [2.24, 2.45) is 4.99 Å². The second-order valence-corrected chi connectivity index (χ2v) is 5.44. The van der Waals surface area contributed by atoms with Crippen LogP contribution in [0.25, 0.3) is 0 Å². The number of likely N-dealkylation sites (tertiary alicyclic amines) is 1. The van der Waals surface area contributed by atoms with Crippen LogP contribution in [0.1, 0.15) is 33.1 Å². The van der Waals surface area contributed by atoms with Crippen LogP contribution in [-0.4, -0.2) is 47.5 Å². The van der Waals surface area contributed by atoms with Crippen LogP contribution >= 0.6 is 0 Å². The Kier molecular flexibility index (Phi) is 2.40. The van der Waals surface area contributed by atoms with Crippen LogP contribution in [0, 0.1) is 0 Å². The maximum Gasteiger partial charge on any atom is 0.253 e. The van der Waals surface area contributed by atoms with E-state index in [1.807, 2.05) is 6.92 Å². The minimum absolute atomic E-state index is 0.0969. The summed E-state index contributed by atoms with van der Waals surface area (Å²) in [5.74, 6) is 0.752. The third kappa shape index (κ3) is 1.73. The van der Waals surface area contributed by atoms with Crippen molar-refractivity contribution in [3.05, 3.63) is 0 Å². The third-order valence-electron chi connectivity index (χ3n) is 4.02. The Labute approximate surface area is 102 Å². The fourth-order valence-corrected chi connectivity index (χ4v) is 3.08. The van der Waals surface area contributed by atoms with Crippen molar-refractivity contribution in [2.75, 3.05) is 13.1 Å². The highest BCUT2D eigenvalue weighted by atomic mass is 16.2. The zero-order valence-corrected chi connectivity index (χ0v) is 10.5. The summed E-state index contributed by atoms with van der Waals surface area (Å²) in [6.07, 6.45) is 3.47. The summed E-state index contributed by atoms with van der Waals surface area (Å²) in [6, 6.07) is 1.20. The van der Waals surface area contributed by atoms with E-state index in [2.05, 4.69) is 27.4 Å². The molecule has 1 saturated carbocycles. The minimum Gasteiger partial charge on any atom is -0.340 e. The predicted octanol–water partition coefficient (Wildman–Crippen LogP) is 0.0771. The van der Waals surface area contributed by atoms with Gasteiger partial charge in [-0.05, 0) is 33.1 Å². The van der Waals surface area contributed by atoms with Gasteiger partial charge in [0.15, 0.2) is 5.96 Å². The highest BCUT2D eigenvalue weighted by molar-refractivity contribution is 6.09. The van der Waals surface area contributed by atoms with Gasteiger partial charge in [0.25, 0.3) is 5.91 Å². The molecule has 3 fully saturated rings. The molecule has 5 nitrogen and oxygen atoms in total. The summed E-state index contributed by atoms with van der Waals surface area (Å²) in [7, 11) is 0. The number of carbonyl (C=O) groups excluding carboxylic acids is 1. The summed E-state index contributed by atoms with van der Waals surface area (Å²) in [5, 5.41) is 6.17. The van der Waals surface area contributed by atoms with Crippen molar-refractivity contribution in [1.29, 1.82) is 0 Å². The number of nitrogens with zero attached hydrogens (tertiary/aromatic N) is 2. The molecule has 5 heteroatoms. The second-order valence-electron chi connectivity index (χ2n) is 5.44. The number of rotatable bonds is 2. The number of hydrogen-bond donors (Lipinski definition) is 2. The molecule has 1 aliphatic carbocycles. The van der Waals surface area contributed by atoms with Gasteiger partial charge in [0.05, 0.1) is 0 Å². The zero-order chi connectivity index (χ0) is 12.0. The second kappa shape index (κ2) is 3.70. The van der Waals surface area contributed by atoms with Crippen molar-refractivity contribution in [1.82, 2.24) is 15.5 Å². The Hall–Kier alpha value is -1.10. The summed E-state index contributed by atoms with van der Waals surface area (Å²) < 4.78 is 0. The molecule has 2 N–H and O–H groups in total. The van der Waals surface area contributed by atoms with Crippen LogP contribution < -0.4 is 10.6 Å². The fraction of sp³-hybridized carbons (Fsp3) is 0.833. The number of hydrogen-bond acceptors (Lipinski definition) is 3. The molecule has 3 rings (SSSR count). The van der Waals surface area contributed by atoms with E-state index in [1.165, 1.54) is 12.8 Å². The normalized spacial score (nSPS) is 40.0. The average Bonchev–Trinajstić information content (AvgIpc) is 2.99. The van der Waals surface area contributed by atoms with Gasteiger partial charge >= 0.3 is 0 Å². The predicted molar refractivity (Wildman–Crippen MR) is 65.8 cm³/mol. The lowest BCUT2D eigenvalue weighted by molar-refractivity contribution is -0.123. The first-order valence-electron chi connectivity index (χ1n) is 6.54. The smallest absolute Gasteiger partial charge is 0.253 e. The first kappa shape index (κ1) is 11.0. The Bertz CT molecular complexity index is 377. The van der Waals surface area contributed by atoms with Crippen molar-refractivity contribution in [3.63, 3.8) is 0 Å². The molecule has 0 aromatic carbocycles. The van der Waals surface area contributed by atoms with Crippen LogP contribution in [0.5, 0.6) is 0 Å². The van der Waals surface area contributed by atoms with E-state index in [-0.39, 0.29) is 5.91 Å². The van der Waals surface area contributed by atoms with E-state index in [0.29, 0.717) is 24.6 Å². The monoisotopic (exact) mass is 236 g/mol. The van der Waals surface area contributed by atoms with Crippen LogP contribution in [0.4, 0.5) is 0 Å². The van der Waals surface area contributed by atoms with E-state index < -0.39 is 5.54 Å². The molecule has 94 valence electrons. The fourth-order valence-electron chi connectivity index (χ4n) is 3.08. The first-order valence-corrected chi connectivity index (χ1v) is 6.54. The standard InChI is InChI=1S/C12H20N4O/c1-3-13-11-14-10(17)12(15-11)6-8(2)16(7-12)9-4-5-9/h8-9H,3-7H2,1-2H3,(H2,13,14,15,17). The van der Waals surface area contributed by atoms with Gasteiger partial charge < -0.3 is 5.32 Å². The zero-order valence-electron chi connectivity index (χ0n) is 10.5. The van der Waals surface area contributed by atoms with Gasteiger partial charge in [-0.3, -0.25) is 20.0 Å². The third-order valence-corrected chi connectivity index (χ3v) is 4.02. The molecule has 0 aromatic rings. The average molecular weight is 236 g/mol. The van der Waals surface area contributed by atoms with Crippen LogP contribution in [0.3, 0.4) is 0 Å². The summed E-state index contributed by atoms with van der Waals surface area (Å²) in [4.78, 5) is 18.9. The lowest BCUT2D eigenvalue weighted by atomic mass is 9.97. The molecule has 2 unspecified atom stereocenters. The Morgan fingerprint density at radius 2 is 2.29 bits per heavy atom. The molecule has 2 heterocycles. The molecule has 0 radical (unpaired) electrons. The van der Waals surface area contributed by atoms with Gasteiger partial charge in [0.2, 0.25) is 0 Å². The van der Waals surface area contributed by atoms with Crippen molar-refractivity contribution in [2.45, 2.75) is 50.7 Å². The highest BCUT2D eigenvalue weighted by Gasteiger charge is 2.54. The highest BCUT2D eigenvalue weighted by Crippen LogP contribution is 2.38. The SMILES string of the molecule is CCN=C1NC(=O)C2(CC(C)N(C3CC3)C2)N1.